The highest BCUT2D eigenvalue weighted by Gasteiger charge is 2.23. The Bertz CT molecular complexity index is 359. The summed E-state index contributed by atoms with van der Waals surface area (Å²) >= 11 is 0. The average molecular weight is 221 g/mol. The van der Waals surface area contributed by atoms with Crippen molar-refractivity contribution in [3.05, 3.63) is 23.6 Å². The van der Waals surface area contributed by atoms with Crippen LogP contribution in [0.2, 0.25) is 0 Å². The fourth-order valence-corrected chi connectivity index (χ4v) is 1.62. The van der Waals surface area contributed by atoms with E-state index in [9.17, 15) is 5.11 Å². The molecule has 0 saturated carbocycles. The molecule has 1 N–H and O–H groups in total. The first-order chi connectivity index (χ1) is 7.10. The summed E-state index contributed by atoms with van der Waals surface area (Å²) in [4.78, 5) is 4.29. The number of aliphatic hydroxyl groups is 1. The van der Waals surface area contributed by atoms with Crippen molar-refractivity contribution in [2.45, 2.75) is 48.0 Å². The maximum atomic E-state index is 9.79. The Morgan fingerprint density at radius 2 is 1.62 bits per heavy atom. The third kappa shape index (κ3) is 3.22. The molecule has 16 heavy (non-hydrogen) atoms. The second kappa shape index (κ2) is 4.08. The second-order valence-electron chi connectivity index (χ2n) is 6.42. The van der Waals surface area contributed by atoms with Gasteiger partial charge in [-0.2, -0.15) is 0 Å². The van der Waals surface area contributed by atoms with Crippen molar-refractivity contribution >= 4 is 5.71 Å². The summed E-state index contributed by atoms with van der Waals surface area (Å²) < 4.78 is 0. The van der Waals surface area contributed by atoms with E-state index in [-0.39, 0.29) is 16.7 Å². The molecule has 2 heteroatoms. The minimum Gasteiger partial charge on any atom is -0.493 e. The van der Waals surface area contributed by atoms with Crippen LogP contribution in [0, 0.1) is 10.8 Å². The van der Waals surface area contributed by atoms with Gasteiger partial charge in [-0.05, 0) is 11.0 Å². The second-order valence-corrected chi connectivity index (χ2v) is 6.42. The molecule has 0 fully saturated rings. The summed E-state index contributed by atoms with van der Waals surface area (Å²) in [5, 5.41) is 9.79. The number of hydrogen-bond acceptors (Lipinski definition) is 2. The smallest absolute Gasteiger partial charge is 0.210 e. The van der Waals surface area contributed by atoms with Crippen LogP contribution in [0.3, 0.4) is 0 Å². The van der Waals surface area contributed by atoms with Gasteiger partial charge < -0.3 is 5.11 Å². The van der Waals surface area contributed by atoms with E-state index in [0.29, 0.717) is 0 Å². The summed E-state index contributed by atoms with van der Waals surface area (Å²) in [6.45, 7) is 12.8. The van der Waals surface area contributed by atoms with Crippen LogP contribution in [0.15, 0.2) is 28.6 Å². The first kappa shape index (κ1) is 13.0. The number of nitrogens with zero attached hydrogens (tertiary/aromatic N) is 1. The predicted molar refractivity (Wildman–Crippen MR) is 69.8 cm³/mol. The molecular weight excluding hydrogens is 198 g/mol. The van der Waals surface area contributed by atoms with Crippen molar-refractivity contribution in [3.8, 4) is 0 Å². The number of hydrogen-bond donors (Lipinski definition) is 1. The van der Waals surface area contributed by atoms with Gasteiger partial charge >= 0.3 is 0 Å². The Morgan fingerprint density at radius 3 is 2.06 bits per heavy atom. The Balaban J connectivity index is 3.07. The van der Waals surface area contributed by atoms with Crippen molar-refractivity contribution in [1.29, 1.82) is 0 Å². The average Bonchev–Trinajstić information content (AvgIpc) is 2.24. The third-order valence-corrected chi connectivity index (χ3v) is 2.78. The molecule has 0 saturated heterocycles. The molecule has 0 bridgehead atoms. The Hall–Kier alpha value is -1.05. The monoisotopic (exact) mass is 221 g/mol. The normalized spacial score (nSPS) is 18.5. The van der Waals surface area contributed by atoms with E-state index >= 15 is 0 Å². The number of aliphatic imine (C=N–C) groups is 1. The van der Waals surface area contributed by atoms with Crippen molar-refractivity contribution in [2.75, 3.05) is 0 Å². The largest absolute Gasteiger partial charge is 0.493 e. The summed E-state index contributed by atoms with van der Waals surface area (Å²) in [7, 11) is 0. The zero-order valence-electron chi connectivity index (χ0n) is 11.3. The Morgan fingerprint density at radius 1 is 1.06 bits per heavy atom. The van der Waals surface area contributed by atoms with Gasteiger partial charge in [-0.3, -0.25) is 0 Å². The molecule has 0 aromatic carbocycles. The van der Waals surface area contributed by atoms with Gasteiger partial charge in [-0.1, -0.05) is 47.6 Å². The highest BCUT2D eigenvalue weighted by Crippen LogP contribution is 2.31. The van der Waals surface area contributed by atoms with Gasteiger partial charge in [-0.15, -0.1) is 0 Å². The first-order valence-electron chi connectivity index (χ1n) is 5.80. The van der Waals surface area contributed by atoms with Gasteiger partial charge in [0.25, 0.3) is 0 Å². The highest BCUT2D eigenvalue weighted by molar-refractivity contribution is 5.91. The van der Waals surface area contributed by atoms with Crippen molar-refractivity contribution in [2.24, 2.45) is 15.8 Å². The molecule has 1 aliphatic rings. The van der Waals surface area contributed by atoms with Crippen LogP contribution in [0.25, 0.3) is 0 Å². The molecule has 0 spiro atoms. The predicted octanol–water partition coefficient (Wildman–Crippen LogP) is 4.25. The maximum absolute atomic E-state index is 9.79. The lowest BCUT2D eigenvalue weighted by atomic mass is 9.83. The summed E-state index contributed by atoms with van der Waals surface area (Å²) in [5.41, 5.74) is 2.23. The van der Waals surface area contributed by atoms with E-state index in [1.807, 2.05) is 0 Å². The molecule has 0 aromatic rings. The van der Waals surface area contributed by atoms with Crippen LogP contribution in [0.1, 0.15) is 48.0 Å². The fraction of sp³-hybridized carbons (Fsp3) is 0.643. The minimum absolute atomic E-state index is 0.00561. The van der Waals surface area contributed by atoms with Gasteiger partial charge in [0.15, 0.2) is 0 Å². The van der Waals surface area contributed by atoms with Gasteiger partial charge in [0.1, 0.15) is 0 Å². The molecule has 1 heterocycles. The van der Waals surface area contributed by atoms with Crippen LogP contribution < -0.4 is 0 Å². The van der Waals surface area contributed by atoms with Gasteiger partial charge in [0.05, 0.1) is 0 Å². The maximum Gasteiger partial charge on any atom is 0.210 e. The molecule has 0 amide bonds. The molecule has 0 unspecified atom stereocenters. The number of allylic oxidation sites excluding steroid dienone is 3. The summed E-state index contributed by atoms with van der Waals surface area (Å²) in [5.74, 6) is 0.128. The SMILES string of the molecule is CC(C)(C)C1=CCC(C(C)(C)C)=NC(O)=C1. The molecule has 0 aliphatic carbocycles. The standard InChI is InChI=1S/C14H23NO/c1-13(2,3)10-7-8-11(14(4,5)6)15-12(16)9-10/h7,9,16H,8H2,1-6H3. The topological polar surface area (TPSA) is 32.6 Å². The van der Waals surface area contributed by atoms with E-state index in [1.165, 1.54) is 0 Å². The zero-order chi connectivity index (χ0) is 12.6. The van der Waals surface area contributed by atoms with Gasteiger partial charge in [0, 0.05) is 23.6 Å². The molecule has 0 radical (unpaired) electrons. The Kier molecular flexibility index (Phi) is 3.32. The lowest BCUT2D eigenvalue weighted by molar-refractivity contribution is 0.400. The summed E-state index contributed by atoms with van der Waals surface area (Å²) in [6.07, 6.45) is 4.77. The molecule has 0 aromatic heterocycles. The number of aliphatic hydroxyl groups excluding tert-OH is 1. The number of rotatable bonds is 0. The lowest BCUT2D eigenvalue weighted by Crippen LogP contribution is -2.19. The molecule has 2 nitrogen and oxygen atoms in total. The van der Waals surface area contributed by atoms with Crippen LogP contribution in [0.4, 0.5) is 0 Å². The van der Waals surface area contributed by atoms with Crippen molar-refractivity contribution < 1.29 is 5.11 Å². The zero-order valence-corrected chi connectivity index (χ0v) is 11.3. The van der Waals surface area contributed by atoms with Crippen LogP contribution in [0.5, 0.6) is 0 Å². The van der Waals surface area contributed by atoms with Gasteiger partial charge in [0.2, 0.25) is 5.88 Å². The lowest BCUT2D eigenvalue weighted by Gasteiger charge is -2.21. The fourth-order valence-electron chi connectivity index (χ4n) is 1.62. The van der Waals surface area contributed by atoms with E-state index < -0.39 is 0 Å². The molecule has 1 aliphatic heterocycles. The quantitative estimate of drug-likeness (QED) is 0.651. The molecular formula is C14H23NO. The van der Waals surface area contributed by atoms with Crippen LogP contribution >= 0.6 is 0 Å². The Labute approximate surface area is 98.8 Å². The summed E-state index contributed by atoms with van der Waals surface area (Å²) in [6, 6.07) is 0. The van der Waals surface area contributed by atoms with Gasteiger partial charge in [-0.25, -0.2) is 4.99 Å². The van der Waals surface area contributed by atoms with E-state index in [1.54, 1.807) is 6.08 Å². The molecule has 1 rings (SSSR count). The van der Waals surface area contributed by atoms with Crippen molar-refractivity contribution in [3.63, 3.8) is 0 Å². The minimum atomic E-state index is 0.00561. The molecule has 90 valence electrons. The van der Waals surface area contributed by atoms with E-state index in [0.717, 1.165) is 17.7 Å². The first-order valence-corrected chi connectivity index (χ1v) is 5.80. The van der Waals surface area contributed by atoms with E-state index in [4.69, 9.17) is 0 Å². The highest BCUT2D eigenvalue weighted by atomic mass is 16.3. The van der Waals surface area contributed by atoms with Crippen molar-refractivity contribution in [1.82, 2.24) is 0 Å². The van der Waals surface area contributed by atoms with Crippen LogP contribution in [-0.2, 0) is 0 Å². The molecule has 0 atom stereocenters. The van der Waals surface area contributed by atoms with E-state index in [2.05, 4.69) is 52.6 Å². The third-order valence-electron chi connectivity index (χ3n) is 2.78. The van der Waals surface area contributed by atoms with Crippen LogP contribution in [-0.4, -0.2) is 10.8 Å².